The van der Waals surface area contributed by atoms with Crippen LogP contribution in [-0.2, 0) is 4.79 Å². The number of carbonyl (C=O) groups excluding carboxylic acids is 1. The van der Waals surface area contributed by atoms with Crippen molar-refractivity contribution < 1.29 is 9.90 Å². The van der Waals surface area contributed by atoms with Crippen LogP contribution in [-0.4, -0.2) is 28.6 Å². The fourth-order valence-corrected chi connectivity index (χ4v) is 1.83. The van der Waals surface area contributed by atoms with Crippen LogP contribution in [0.15, 0.2) is 12.3 Å². The summed E-state index contributed by atoms with van der Waals surface area (Å²) in [6.45, 7) is 2.17. The van der Waals surface area contributed by atoms with Gasteiger partial charge in [-0.1, -0.05) is 0 Å². The molecule has 0 radical (unpaired) electrons. The van der Waals surface area contributed by atoms with Gasteiger partial charge in [0.05, 0.1) is 24.8 Å². The van der Waals surface area contributed by atoms with Gasteiger partial charge in [-0.05, 0) is 18.6 Å². The Bertz CT molecular complexity index is 385. The molecule has 5 nitrogen and oxygen atoms in total. The molecule has 1 saturated heterocycles. The van der Waals surface area contributed by atoms with E-state index in [0.29, 0.717) is 18.1 Å². The maximum atomic E-state index is 11.6. The molecule has 1 aromatic heterocycles. The highest BCUT2D eigenvalue weighted by Gasteiger charge is 2.31. The molecular weight excluding hydrogens is 194 g/mol. The third-order valence-electron chi connectivity index (χ3n) is 2.53. The molecule has 0 bridgehead atoms. The van der Waals surface area contributed by atoms with E-state index < -0.39 is 6.10 Å². The minimum atomic E-state index is -0.600. The lowest BCUT2D eigenvalue weighted by molar-refractivity contribution is -0.117. The molecule has 0 spiro atoms. The second-order valence-electron chi connectivity index (χ2n) is 3.72. The van der Waals surface area contributed by atoms with Crippen LogP contribution in [0.5, 0.6) is 0 Å². The smallest absolute Gasteiger partial charge is 0.229 e. The number of anilines is 2. The number of aromatic nitrogens is 1. The fourth-order valence-electron chi connectivity index (χ4n) is 1.83. The third-order valence-corrected chi connectivity index (χ3v) is 2.53. The third kappa shape index (κ3) is 1.66. The first-order chi connectivity index (χ1) is 7.09. The quantitative estimate of drug-likeness (QED) is 0.683. The Labute approximate surface area is 87.5 Å². The number of β-amino-alcohol motifs (C(OH)–C–C–N with tert-alkyl or cyclic N) is 1. The number of amides is 1. The summed E-state index contributed by atoms with van der Waals surface area (Å²) < 4.78 is 0. The molecule has 1 aliphatic rings. The van der Waals surface area contributed by atoms with Crippen molar-refractivity contribution in [1.82, 2.24) is 4.98 Å². The molecule has 80 valence electrons. The Morgan fingerprint density at radius 3 is 2.93 bits per heavy atom. The number of aliphatic hydroxyl groups is 1. The summed E-state index contributed by atoms with van der Waals surface area (Å²) in [5.74, 6) is 0.225. The zero-order valence-corrected chi connectivity index (χ0v) is 8.47. The fraction of sp³-hybridized carbons (Fsp3) is 0.400. The highest BCUT2D eigenvalue weighted by atomic mass is 16.3. The topological polar surface area (TPSA) is 79.4 Å². The summed E-state index contributed by atoms with van der Waals surface area (Å²) in [4.78, 5) is 17.0. The number of rotatable bonds is 1. The van der Waals surface area contributed by atoms with Gasteiger partial charge in [-0.2, -0.15) is 0 Å². The van der Waals surface area contributed by atoms with E-state index in [1.165, 1.54) is 4.90 Å². The maximum absolute atomic E-state index is 11.6. The van der Waals surface area contributed by atoms with Crippen molar-refractivity contribution >= 4 is 17.4 Å². The first kappa shape index (κ1) is 9.92. The molecule has 5 heteroatoms. The molecule has 1 fully saturated rings. The van der Waals surface area contributed by atoms with E-state index in [9.17, 15) is 9.90 Å². The second-order valence-corrected chi connectivity index (χ2v) is 3.72. The van der Waals surface area contributed by atoms with Gasteiger partial charge in [-0.15, -0.1) is 0 Å². The van der Waals surface area contributed by atoms with E-state index >= 15 is 0 Å². The van der Waals surface area contributed by atoms with E-state index in [4.69, 9.17) is 5.73 Å². The molecule has 1 atom stereocenters. The largest absolute Gasteiger partial charge is 0.391 e. The molecule has 1 aliphatic heterocycles. The van der Waals surface area contributed by atoms with Gasteiger partial charge < -0.3 is 15.7 Å². The van der Waals surface area contributed by atoms with Crippen LogP contribution in [0.3, 0.4) is 0 Å². The highest BCUT2D eigenvalue weighted by Crippen LogP contribution is 2.29. The minimum absolute atomic E-state index is 0.106. The number of hydrogen-bond donors (Lipinski definition) is 2. The SMILES string of the molecule is Cc1ccnc(N)c1N1CC(O)CC1=O. The molecule has 0 saturated carbocycles. The Balaban J connectivity index is 2.41. The van der Waals surface area contributed by atoms with Crippen molar-refractivity contribution in [2.75, 3.05) is 17.2 Å². The lowest BCUT2D eigenvalue weighted by atomic mass is 10.2. The average molecular weight is 207 g/mol. The van der Waals surface area contributed by atoms with Crippen molar-refractivity contribution in [3.63, 3.8) is 0 Å². The van der Waals surface area contributed by atoms with Crippen molar-refractivity contribution in [3.05, 3.63) is 17.8 Å². The Morgan fingerprint density at radius 1 is 1.67 bits per heavy atom. The van der Waals surface area contributed by atoms with Gasteiger partial charge in [0.1, 0.15) is 5.82 Å². The maximum Gasteiger partial charge on any atom is 0.229 e. The van der Waals surface area contributed by atoms with Crippen LogP contribution in [0.25, 0.3) is 0 Å². The summed E-state index contributed by atoms with van der Waals surface area (Å²) in [7, 11) is 0. The molecule has 1 unspecified atom stereocenters. The molecule has 15 heavy (non-hydrogen) atoms. The summed E-state index contributed by atoms with van der Waals surface area (Å²) >= 11 is 0. The predicted octanol–water partition coefficient (Wildman–Crippen LogP) is 0.0698. The second kappa shape index (κ2) is 3.51. The monoisotopic (exact) mass is 207 g/mol. The van der Waals surface area contributed by atoms with Crippen LogP contribution in [0, 0.1) is 6.92 Å². The summed E-state index contributed by atoms with van der Waals surface area (Å²) in [5.41, 5.74) is 7.24. The lowest BCUT2D eigenvalue weighted by Gasteiger charge is -2.19. The number of nitrogens with zero attached hydrogens (tertiary/aromatic N) is 2. The van der Waals surface area contributed by atoms with Crippen LogP contribution in [0.2, 0.25) is 0 Å². The van der Waals surface area contributed by atoms with Gasteiger partial charge in [0, 0.05) is 6.20 Å². The van der Waals surface area contributed by atoms with Crippen LogP contribution in [0.1, 0.15) is 12.0 Å². The van der Waals surface area contributed by atoms with Crippen molar-refractivity contribution in [1.29, 1.82) is 0 Å². The van der Waals surface area contributed by atoms with Gasteiger partial charge in [0.2, 0.25) is 5.91 Å². The first-order valence-corrected chi connectivity index (χ1v) is 4.79. The molecule has 2 rings (SSSR count). The summed E-state index contributed by atoms with van der Waals surface area (Å²) in [6.07, 6.45) is 1.16. The number of pyridine rings is 1. The van der Waals surface area contributed by atoms with Gasteiger partial charge >= 0.3 is 0 Å². The van der Waals surface area contributed by atoms with Crippen molar-refractivity contribution in [2.45, 2.75) is 19.4 Å². The molecule has 3 N–H and O–H groups in total. The normalized spacial score (nSPS) is 21.1. The number of nitrogen functional groups attached to an aromatic ring is 1. The van der Waals surface area contributed by atoms with Crippen LogP contribution < -0.4 is 10.6 Å². The lowest BCUT2D eigenvalue weighted by Crippen LogP contribution is -2.27. The number of carbonyl (C=O) groups is 1. The standard InChI is InChI=1S/C10H13N3O2/c1-6-2-3-12-10(11)9(6)13-5-7(14)4-8(13)15/h2-3,7,14H,4-5H2,1H3,(H2,11,12). The summed E-state index contributed by atoms with van der Waals surface area (Å²) in [6, 6.07) is 1.80. The van der Waals surface area contributed by atoms with Crippen LogP contribution in [0.4, 0.5) is 11.5 Å². The summed E-state index contributed by atoms with van der Waals surface area (Å²) in [5, 5.41) is 9.39. The Hall–Kier alpha value is -1.62. The van der Waals surface area contributed by atoms with E-state index in [-0.39, 0.29) is 12.3 Å². The van der Waals surface area contributed by atoms with E-state index in [1.54, 1.807) is 12.3 Å². The molecule has 0 aliphatic carbocycles. The van der Waals surface area contributed by atoms with E-state index in [2.05, 4.69) is 4.98 Å². The van der Waals surface area contributed by atoms with Crippen LogP contribution >= 0.6 is 0 Å². The Morgan fingerprint density at radius 2 is 2.40 bits per heavy atom. The molecule has 1 amide bonds. The minimum Gasteiger partial charge on any atom is -0.391 e. The first-order valence-electron chi connectivity index (χ1n) is 4.79. The molecule has 1 aromatic rings. The van der Waals surface area contributed by atoms with Crippen molar-refractivity contribution in [3.8, 4) is 0 Å². The molecular formula is C10H13N3O2. The van der Waals surface area contributed by atoms with Gasteiger partial charge in [-0.3, -0.25) is 4.79 Å². The number of aliphatic hydroxyl groups excluding tert-OH is 1. The van der Waals surface area contributed by atoms with E-state index in [1.807, 2.05) is 6.92 Å². The zero-order chi connectivity index (χ0) is 11.0. The van der Waals surface area contributed by atoms with Gasteiger partial charge in [0.25, 0.3) is 0 Å². The van der Waals surface area contributed by atoms with Gasteiger partial charge in [0.15, 0.2) is 0 Å². The number of nitrogens with two attached hydrogens (primary N) is 1. The van der Waals surface area contributed by atoms with E-state index in [0.717, 1.165) is 5.56 Å². The van der Waals surface area contributed by atoms with Crippen molar-refractivity contribution in [2.24, 2.45) is 0 Å². The number of aryl methyl sites for hydroxylation is 1. The zero-order valence-electron chi connectivity index (χ0n) is 8.47. The molecule has 0 aromatic carbocycles. The Kier molecular flexibility index (Phi) is 2.32. The molecule has 2 heterocycles. The number of hydrogen-bond acceptors (Lipinski definition) is 4. The predicted molar refractivity (Wildman–Crippen MR) is 56.4 cm³/mol. The highest BCUT2D eigenvalue weighted by molar-refractivity contribution is 5.99. The van der Waals surface area contributed by atoms with Gasteiger partial charge in [-0.25, -0.2) is 4.98 Å². The average Bonchev–Trinajstić information content (AvgIpc) is 2.45.